The van der Waals surface area contributed by atoms with E-state index in [4.69, 9.17) is 0 Å². The standard InChI is InChI=1S/C19H12N4S/c1-3-14-10-16-5-7-18(22-16)24-19-8-6-17(23-19)11-15-4-2-13(21-15)9-12(1)20-14/h1-5,7-11H,6H2. The molecule has 0 unspecified atom stereocenters. The van der Waals surface area contributed by atoms with Crippen LogP contribution in [0.15, 0.2) is 103 Å². The molecule has 114 valence electrons. The van der Waals surface area contributed by atoms with Crippen LogP contribution in [0, 0.1) is 0 Å². The van der Waals surface area contributed by atoms with E-state index >= 15 is 0 Å². The van der Waals surface area contributed by atoms with Crippen molar-refractivity contribution in [2.45, 2.75) is 6.42 Å². The zero-order valence-electron chi connectivity index (χ0n) is 12.7. The van der Waals surface area contributed by atoms with Gasteiger partial charge in [0.05, 0.1) is 33.5 Å². The van der Waals surface area contributed by atoms with Gasteiger partial charge in [0.25, 0.3) is 0 Å². The number of rotatable bonds is 0. The SMILES string of the molecule is C1=CC2=NC1=CC1=NC(=CC1)SC1=NC(=CC3=NC(=C2)C=C3)C=C1. The van der Waals surface area contributed by atoms with Crippen molar-refractivity contribution in [2.24, 2.45) is 20.0 Å². The highest BCUT2D eigenvalue weighted by Crippen LogP contribution is 2.29. The second-order valence-corrected chi connectivity index (χ2v) is 6.72. The van der Waals surface area contributed by atoms with Crippen LogP contribution < -0.4 is 0 Å². The normalized spacial score (nSPS) is 23.3. The summed E-state index contributed by atoms with van der Waals surface area (Å²) in [6.07, 6.45) is 21.0. The molecule has 0 N–H and O–H groups in total. The molecule has 0 aromatic heterocycles. The van der Waals surface area contributed by atoms with Gasteiger partial charge < -0.3 is 0 Å². The molecule has 5 aliphatic heterocycles. The molecule has 0 aliphatic carbocycles. The molecule has 0 saturated heterocycles. The first kappa shape index (κ1) is 13.6. The Balaban J connectivity index is 1.60. The first-order valence-electron chi connectivity index (χ1n) is 7.71. The van der Waals surface area contributed by atoms with E-state index in [9.17, 15) is 0 Å². The van der Waals surface area contributed by atoms with Crippen LogP contribution >= 0.6 is 11.8 Å². The van der Waals surface area contributed by atoms with E-state index in [-0.39, 0.29) is 0 Å². The van der Waals surface area contributed by atoms with Crippen LogP contribution in [0.2, 0.25) is 0 Å². The molecule has 5 heterocycles. The van der Waals surface area contributed by atoms with E-state index in [0.717, 1.165) is 50.7 Å². The van der Waals surface area contributed by atoms with E-state index in [0.29, 0.717) is 0 Å². The van der Waals surface area contributed by atoms with Crippen LogP contribution in [-0.2, 0) is 0 Å². The average molecular weight is 328 g/mol. The van der Waals surface area contributed by atoms with Gasteiger partial charge in [0, 0.05) is 12.1 Å². The summed E-state index contributed by atoms with van der Waals surface area (Å²) in [4.78, 5) is 18.5. The highest BCUT2D eigenvalue weighted by Gasteiger charge is 2.14. The van der Waals surface area contributed by atoms with Crippen LogP contribution in [-0.4, -0.2) is 22.2 Å². The van der Waals surface area contributed by atoms with Crippen molar-refractivity contribution in [3.63, 3.8) is 0 Å². The molecule has 0 saturated carbocycles. The third-order valence-corrected chi connectivity index (χ3v) is 4.76. The number of fused-ring (bicyclic) bond motifs is 4. The fourth-order valence-electron chi connectivity index (χ4n) is 2.77. The quantitative estimate of drug-likeness (QED) is 0.661. The first-order valence-corrected chi connectivity index (χ1v) is 8.53. The third kappa shape index (κ3) is 2.63. The number of aliphatic imine (C=N–C) groups is 4. The molecular formula is C19H12N4S. The van der Waals surface area contributed by atoms with Gasteiger partial charge in [0.1, 0.15) is 5.04 Å². The van der Waals surface area contributed by atoms with Gasteiger partial charge in [0.2, 0.25) is 0 Å². The Morgan fingerprint density at radius 2 is 1.33 bits per heavy atom. The Kier molecular flexibility index (Phi) is 3.06. The van der Waals surface area contributed by atoms with E-state index in [1.54, 1.807) is 11.8 Å². The molecule has 0 atom stereocenters. The molecule has 0 fully saturated rings. The molecule has 0 spiro atoms. The maximum atomic E-state index is 4.67. The summed E-state index contributed by atoms with van der Waals surface area (Å²) in [6.45, 7) is 0. The van der Waals surface area contributed by atoms with Crippen molar-refractivity contribution in [2.75, 3.05) is 0 Å². The summed E-state index contributed by atoms with van der Waals surface area (Å²) in [5.74, 6) is 0. The van der Waals surface area contributed by atoms with E-state index in [1.165, 1.54) is 0 Å². The van der Waals surface area contributed by atoms with Gasteiger partial charge in [-0.05, 0) is 60.8 Å². The van der Waals surface area contributed by atoms with Gasteiger partial charge in [-0.2, -0.15) is 0 Å². The van der Waals surface area contributed by atoms with Crippen LogP contribution in [0.3, 0.4) is 0 Å². The van der Waals surface area contributed by atoms with Crippen molar-refractivity contribution in [1.82, 2.24) is 0 Å². The zero-order valence-corrected chi connectivity index (χ0v) is 13.5. The molecule has 0 amide bonds. The smallest absolute Gasteiger partial charge is 0.103 e. The molecule has 0 radical (unpaired) electrons. The predicted molar refractivity (Wildman–Crippen MR) is 102 cm³/mol. The monoisotopic (exact) mass is 328 g/mol. The fourth-order valence-corrected chi connectivity index (χ4v) is 3.60. The lowest BCUT2D eigenvalue weighted by Gasteiger charge is -1.96. The lowest BCUT2D eigenvalue weighted by atomic mass is 10.2. The van der Waals surface area contributed by atoms with Gasteiger partial charge >= 0.3 is 0 Å². The zero-order chi connectivity index (χ0) is 15.9. The maximum Gasteiger partial charge on any atom is 0.103 e. The molecule has 24 heavy (non-hydrogen) atoms. The van der Waals surface area contributed by atoms with Gasteiger partial charge in [-0.15, -0.1) is 0 Å². The van der Waals surface area contributed by atoms with Crippen molar-refractivity contribution in [1.29, 1.82) is 0 Å². The van der Waals surface area contributed by atoms with Crippen molar-refractivity contribution in [3.05, 3.63) is 82.9 Å². The number of hydrogen-bond acceptors (Lipinski definition) is 5. The van der Waals surface area contributed by atoms with E-state index in [1.807, 2.05) is 54.7 Å². The van der Waals surface area contributed by atoms with Crippen LogP contribution in [0.4, 0.5) is 0 Å². The van der Waals surface area contributed by atoms with Crippen LogP contribution in [0.5, 0.6) is 0 Å². The summed E-state index contributed by atoms with van der Waals surface area (Å²) in [7, 11) is 0. The van der Waals surface area contributed by atoms with Gasteiger partial charge in [-0.25, -0.2) is 20.0 Å². The van der Waals surface area contributed by atoms with E-state index < -0.39 is 0 Å². The van der Waals surface area contributed by atoms with E-state index in [2.05, 4.69) is 26.0 Å². The van der Waals surface area contributed by atoms with Gasteiger partial charge in [0.15, 0.2) is 0 Å². The number of hydrogen-bond donors (Lipinski definition) is 0. The summed E-state index contributed by atoms with van der Waals surface area (Å²) >= 11 is 1.59. The number of thioether (sulfide) groups is 1. The lowest BCUT2D eigenvalue weighted by Crippen LogP contribution is -1.89. The molecular weight excluding hydrogens is 316 g/mol. The molecule has 8 bridgehead atoms. The number of nitrogens with zero attached hydrogens (tertiary/aromatic N) is 4. The summed E-state index contributed by atoms with van der Waals surface area (Å²) < 4.78 is 0. The molecule has 5 heteroatoms. The van der Waals surface area contributed by atoms with Crippen LogP contribution in [0.1, 0.15) is 6.42 Å². The maximum absolute atomic E-state index is 4.67. The second kappa shape index (κ2) is 5.39. The summed E-state index contributed by atoms with van der Waals surface area (Å²) in [5.41, 5.74) is 5.59. The highest BCUT2D eigenvalue weighted by atomic mass is 32.2. The number of allylic oxidation sites excluding steroid dienone is 9. The predicted octanol–water partition coefficient (Wildman–Crippen LogP) is 4.06. The Labute approximate surface area is 143 Å². The Morgan fingerprint density at radius 3 is 2.12 bits per heavy atom. The minimum Gasteiger partial charge on any atom is -0.249 e. The second-order valence-electron chi connectivity index (χ2n) is 5.68. The third-order valence-electron chi connectivity index (χ3n) is 3.86. The molecule has 4 nitrogen and oxygen atoms in total. The largest absolute Gasteiger partial charge is 0.249 e. The molecule has 5 rings (SSSR count). The fraction of sp³-hybridized carbons (Fsp3) is 0.0526. The van der Waals surface area contributed by atoms with Crippen LogP contribution in [0.25, 0.3) is 0 Å². The first-order chi connectivity index (χ1) is 11.8. The molecule has 0 aromatic carbocycles. The summed E-state index contributed by atoms with van der Waals surface area (Å²) in [6, 6.07) is 0. The Bertz CT molecular complexity index is 988. The summed E-state index contributed by atoms with van der Waals surface area (Å²) in [5, 5.41) is 1.95. The van der Waals surface area contributed by atoms with Gasteiger partial charge in [-0.3, -0.25) is 0 Å². The topological polar surface area (TPSA) is 49.4 Å². The molecule has 5 aliphatic rings. The Morgan fingerprint density at radius 1 is 0.667 bits per heavy atom. The Hall–Kier alpha value is -2.79. The highest BCUT2D eigenvalue weighted by molar-refractivity contribution is 8.17. The average Bonchev–Trinajstić information content (AvgIpc) is 3.32. The molecule has 0 aromatic rings. The minimum atomic E-state index is 0.835. The lowest BCUT2D eigenvalue weighted by molar-refractivity contribution is 1.42. The minimum absolute atomic E-state index is 0.835. The van der Waals surface area contributed by atoms with Crippen molar-refractivity contribution in [3.8, 4) is 0 Å². The van der Waals surface area contributed by atoms with Crippen molar-refractivity contribution >= 4 is 33.9 Å². The van der Waals surface area contributed by atoms with Gasteiger partial charge in [-0.1, -0.05) is 11.8 Å². The van der Waals surface area contributed by atoms with Crippen molar-refractivity contribution < 1.29 is 0 Å².